The molecule has 2 rings (SSSR count). The number of hydrogen-bond acceptors (Lipinski definition) is 5. The Morgan fingerprint density at radius 1 is 1.08 bits per heavy atom. The van der Waals surface area contributed by atoms with E-state index in [1.54, 1.807) is 13.8 Å². The molecule has 0 aliphatic carbocycles. The quantitative estimate of drug-likeness (QED) is 0.422. The second-order valence-corrected chi connectivity index (χ2v) is 6.03. The lowest BCUT2D eigenvalue weighted by atomic mass is 10.1. The Morgan fingerprint density at radius 2 is 1.77 bits per heavy atom. The average molecular weight is 357 g/mol. The fraction of sp³-hybridized carbons (Fsp3) is 0.350. The Labute approximate surface area is 152 Å². The number of ketones is 2. The van der Waals surface area contributed by atoms with Crippen LogP contribution in [0.15, 0.2) is 30.3 Å². The molecule has 0 spiro atoms. The molecule has 0 aliphatic rings. The van der Waals surface area contributed by atoms with Crippen LogP contribution >= 0.6 is 0 Å². The standard InChI is InChI=1S/C20H23NO5/c1-13-19(15(3)22)14(2)21-20(13)17(23)12-26-18(24)10-7-11-25-16-8-5-4-6-9-16/h4-6,8-9,21H,7,10-12H2,1-3H3. The predicted octanol–water partition coefficient (Wildman–Crippen LogP) is 3.42. The Hall–Kier alpha value is -2.89. The molecule has 26 heavy (non-hydrogen) atoms. The summed E-state index contributed by atoms with van der Waals surface area (Å²) in [5.74, 6) is -0.171. The van der Waals surface area contributed by atoms with Crippen molar-refractivity contribution in [1.29, 1.82) is 0 Å². The highest BCUT2D eigenvalue weighted by molar-refractivity contribution is 6.04. The van der Waals surface area contributed by atoms with Crippen molar-refractivity contribution in [1.82, 2.24) is 4.98 Å². The number of esters is 1. The SMILES string of the molecule is CC(=O)c1c(C)[nH]c(C(=O)COC(=O)CCCOc2ccccc2)c1C. The fourth-order valence-corrected chi connectivity index (χ4v) is 2.77. The van der Waals surface area contributed by atoms with Crippen LogP contribution in [-0.4, -0.2) is 35.7 Å². The fourth-order valence-electron chi connectivity index (χ4n) is 2.77. The number of Topliss-reactive ketones (excluding diaryl/α,β-unsaturated/α-hetero) is 2. The van der Waals surface area contributed by atoms with Gasteiger partial charge in [0.05, 0.1) is 12.3 Å². The van der Waals surface area contributed by atoms with Gasteiger partial charge in [-0.15, -0.1) is 0 Å². The third-order valence-electron chi connectivity index (χ3n) is 3.97. The first-order valence-electron chi connectivity index (χ1n) is 8.47. The van der Waals surface area contributed by atoms with Crippen LogP contribution in [0.3, 0.4) is 0 Å². The smallest absolute Gasteiger partial charge is 0.306 e. The molecule has 1 aromatic heterocycles. The third-order valence-corrected chi connectivity index (χ3v) is 3.97. The first-order valence-corrected chi connectivity index (χ1v) is 8.47. The lowest BCUT2D eigenvalue weighted by Gasteiger charge is -2.06. The van der Waals surface area contributed by atoms with Crippen molar-refractivity contribution >= 4 is 17.5 Å². The zero-order valence-corrected chi connectivity index (χ0v) is 15.3. The Kier molecular flexibility index (Phi) is 6.72. The molecule has 1 N–H and O–H groups in total. The van der Waals surface area contributed by atoms with Gasteiger partial charge in [-0.25, -0.2) is 0 Å². The summed E-state index contributed by atoms with van der Waals surface area (Å²) in [7, 11) is 0. The summed E-state index contributed by atoms with van der Waals surface area (Å²) in [5.41, 5.74) is 2.06. The Balaban J connectivity index is 1.76. The molecule has 6 heteroatoms. The highest BCUT2D eigenvalue weighted by Crippen LogP contribution is 2.19. The molecule has 138 valence electrons. The summed E-state index contributed by atoms with van der Waals surface area (Å²) in [4.78, 5) is 38.5. The minimum absolute atomic E-state index is 0.106. The van der Waals surface area contributed by atoms with Gasteiger partial charge in [0.1, 0.15) is 5.75 Å². The van der Waals surface area contributed by atoms with Crippen molar-refractivity contribution in [2.75, 3.05) is 13.2 Å². The van der Waals surface area contributed by atoms with E-state index in [1.165, 1.54) is 6.92 Å². The number of rotatable bonds is 9. The van der Waals surface area contributed by atoms with Gasteiger partial charge >= 0.3 is 5.97 Å². The van der Waals surface area contributed by atoms with Gasteiger partial charge in [0.2, 0.25) is 5.78 Å². The number of hydrogen-bond donors (Lipinski definition) is 1. The van der Waals surface area contributed by atoms with Gasteiger partial charge in [-0.05, 0) is 44.9 Å². The summed E-state index contributed by atoms with van der Waals surface area (Å²) in [5, 5.41) is 0. The van der Waals surface area contributed by atoms with Gasteiger partial charge in [0, 0.05) is 17.7 Å². The van der Waals surface area contributed by atoms with E-state index in [4.69, 9.17) is 9.47 Å². The van der Waals surface area contributed by atoms with E-state index in [0.29, 0.717) is 35.5 Å². The summed E-state index contributed by atoms with van der Waals surface area (Å²) in [6.07, 6.45) is 0.665. The molecule has 0 saturated carbocycles. The highest BCUT2D eigenvalue weighted by Gasteiger charge is 2.20. The van der Waals surface area contributed by atoms with Crippen LogP contribution in [0.5, 0.6) is 5.75 Å². The van der Waals surface area contributed by atoms with E-state index in [1.807, 2.05) is 30.3 Å². The number of H-pyrrole nitrogens is 1. The van der Waals surface area contributed by atoms with E-state index >= 15 is 0 Å². The van der Waals surface area contributed by atoms with Crippen LogP contribution in [0.1, 0.15) is 51.9 Å². The van der Waals surface area contributed by atoms with Crippen molar-refractivity contribution in [3.8, 4) is 5.75 Å². The monoisotopic (exact) mass is 357 g/mol. The third kappa shape index (κ3) is 5.05. The van der Waals surface area contributed by atoms with Gasteiger partial charge in [-0.1, -0.05) is 18.2 Å². The van der Waals surface area contributed by atoms with Crippen LogP contribution in [0.2, 0.25) is 0 Å². The first-order chi connectivity index (χ1) is 12.4. The summed E-state index contributed by atoms with van der Waals surface area (Å²) < 4.78 is 10.5. The molecule has 0 saturated heterocycles. The molecule has 2 aromatic rings. The molecular weight excluding hydrogens is 334 g/mol. The van der Waals surface area contributed by atoms with Crippen molar-refractivity contribution in [3.63, 3.8) is 0 Å². The number of aromatic nitrogens is 1. The summed E-state index contributed by atoms with van der Waals surface area (Å²) in [6.45, 7) is 4.94. The molecular formula is C20H23NO5. The van der Waals surface area contributed by atoms with Crippen molar-refractivity contribution < 1.29 is 23.9 Å². The van der Waals surface area contributed by atoms with E-state index < -0.39 is 5.97 Å². The minimum atomic E-state index is -0.456. The number of carbonyl (C=O) groups excluding carboxylic acids is 3. The minimum Gasteiger partial charge on any atom is -0.494 e. The maximum Gasteiger partial charge on any atom is 0.306 e. The van der Waals surface area contributed by atoms with E-state index in [9.17, 15) is 14.4 Å². The number of aryl methyl sites for hydroxylation is 1. The van der Waals surface area contributed by atoms with Gasteiger partial charge < -0.3 is 14.5 Å². The van der Waals surface area contributed by atoms with Crippen LogP contribution in [0.4, 0.5) is 0 Å². The Morgan fingerprint density at radius 3 is 2.38 bits per heavy atom. The number of nitrogens with one attached hydrogen (secondary N) is 1. The second kappa shape index (κ2) is 8.99. The lowest BCUT2D eigenvalue weighted by molar-refractivity contribution is -0.142. The van der Waals surface area contributed by atoms with Crippen LogP contribution < -0.4 is 4.74 Å². The second-order valence-electron chi connectivity index (χ2n) is 6.03. The number of benzene rings is 1. The number of para-hydroxylation sites is 1. The molecule has 0 aliphatic heterocycles. The van der Waals surface area contributed by atoms with Crippen molar-refractivity contribution in [2.45, 2.75) is 33.6 Å². The van der Waals surface area contributed by atoms with Crippen LogP contribution in [0, 0.1) is 13.8 Å². The largest absolute Gasteiger partial charge is 0.494 e. The van der Waals surface area contributed by atoms with Gasteiger partial charge in [-0.2, -0.15) is 0 Å². The van der Waals surface area contributed by atoms with Gasteiger partial charge in [0.15, 0.2) is 12.4 Å². The van der Waals surface area contributed by atoms with Crippen LogP contribution in [0.25, 0.3) is 0 Å². The Bertz CT molecular complexity index is 792. The maximum atomic E-state index is 12.2. The maximum absolute atomic E-state index is 12.2. The molecule has 0 fully saturated rings. The zero-order valence-electron chi connectivity index (χ0n) is 15.3. The average Bonchev–Trinajstić information content (AvgIpc) is 2.92. The zero-order chi connectivity index (χ0) is 19.1. The number of ether oxygens (including phenoxy) is 2. The topological polar surface area (TPSA) is 85.5 Å². The summed E-state index contributed by atoms with van der Waals surface area (Å²) >= 11 is 0. The van der Waals surface area contributed by atoms with Crippen LogP contribution in [-0.2, 0) is 9.53 Å². The predicted molar refractivity (Wildman–Crippen MR) is 96.7 cm³/mol. The molecule has 0 bridgehead atoms. The molecule has 0 atom stereocenters. The number of aromatic amines is 1. The van der Waals surface area contributed by atoms with Crippen molar-refractivity contribution in [3.05, 3.63) is 52.8 Å². The van der Waals surface area contributed by atoms with Crippen molar-refractivity contribution in [2.24, 2.45) is 0 Å². The van der Waals surface area contributed by atoms with Gasteiger partial charge in [0.25, 0.3) is 0 Å². The first kappa shape index (κ1) is 19.4. The van der Waals surface area contributed by atoms with E-state index in [2.05, 4.69) is 4.98 Å². The molecule has 0 amide bonds. The van der Waals surface area contributed by atoms with E-state index in [-0.39, 0.29) is 24.6 Å². The lowest BCUT2D eigenvalue weighted by Crippen LogP contribution is -2.16. The molecule has 0 unspecified atom stereocenters. The summed E-state index contributed by atoms with van der Waals surface area (Å²) in [6, 6.07) is 9.32. The highest BCUT2D eigenvalue weighted by atomic mass is 16.5. The molecule has 1 aromatic carbocycles. The molecule has 6 nitrogen and oxygen atoms in total. The van der Waals surface area contributed by atoms with E-state index in [0.717, 1.165) is 5.75 Å². The molecule has 0 radical (unpaired) electrons. The van der Waals surface area contributed by atoms with Gasteiger partial charge in [-0.3, -0.25) is 14.4 Å². The normalized spacial score (nSPS) is 10.4. The number of carbonyl (C=O) groups is 3. The molecule has 1 heterocycles.